The molecule has 1 aromatic carbocycles. The van der Waals surface area contributed by atoms with E-state index in [-0.39, 0.29) is 26.9 Å². The van der Waals surface area contributed by atoms with Crippen LogP contribution in [0.25, 0.3) is 0 Å². The zero-order chi connectivity index (χ0) is 15.7. The van der Waals surface area contributed by atoms with E-state index < -0.39 is 19.9 Å². The van der Waals surface area contributed by atoms with Crippen LogP contribution >= 0.6 is 15.9 Å². The number of rotatable bonds is 5. The van der Waals surface area contributed by atoms with E-state index in [2.05, 4.69) is 15.9 Å². The van der Waals surface area contributed by atoms with Gasteiger partial charge in [0.2, 0.25) is 10.0 Å². The van der Waals surface area contributed by atoms with E-state index in [1.807, 2.05) is 0 Å². The van der Waals surface area contributed by atoms with Crippen LogP contribution < -0.4 is 5.73 Å². The largest absolute Gasteiger partial charge is 0.329 e. The first kappa shape index (κ1) is 17.6. The van der Waals surface area contributed by atoms with Crippen molar-refractivity contribution in [2.45, 2.75) is 22.8 Å². The summed E-state index contributed by atoms with van der Waals surface area (Å²) < 4.78 is 49.1. The summed E-state index contributed by atoms with van der Waals surface area (Å²) in [5.74, 6) is 0. The van der Waals surface area contributed by atoms with Gasteiger partial charge in [-0.2, -0.15) is 4.31 Å². The zero-order valence-corrected chi connectivity index (χ0v) is 14.6. The molecule has 0 aliphatic carbocycles. The van der Waals surface area contributed by atoms with Crippen LogP contribution in [0.15, 0.2) is 32.5 Å². The van der Waals surface area contributed by atoms with Crippen molar-refractivity contribution in [1.29, 1.82) is 0 Å². The molecule has 0 aliphatic heterocycles. The highest BCUT2D eigenvalue weighted by atomic mass is 79.9. The van der Waals surface area contributed by atoms with Gasteiger partial charge in [-0.1, -0.05) is 0 Å². The van der Waals surface area contributed by atoms with Crippen molar-refractivity contribution in [3.8, 4) is 0 Å². The maximum atomic E-state index is 12.4. The Hall–Kier alpha value is -0.480. The van der Waals surface area contributed by atoms with Gasteiger partial charge in [-0.25, -0.2) is 16.8 Å². The smallest absolute Gasteiger partial charge is 0.244 e. The summed E-state index contributed by atoms with van der Waals surface area (Å²) in [6.45, 7) is 1.88. The zero-order valence-electron chi connectivity index (χ0n) is 11.4. The Balaban J connectivity index is 3.35. The van der Waals surface area contributed by atoms with Crippen molar-refractivity contribution in [3.05, 3.63) is 22.7 Å². The second-order valence-electron chi connectivity index (χ2n) is 4.47. The van der Waals surface area contributed by atoms with E-state index in [0.29, 0.717) is 0 Å². The summed E-state index contributed by atoms with van der Waals surface area (Å²) in [5.41, 5.74) is 5.47. The maximum Gasteiger partial charge on any atom is 0.244 e. The van der Waals surface area contributed by atoms with Crippen molar-refractivity contribution >= 4 is 35.8 Å². The Morgan fingerprint density at radius 2 is 1.85 bits per heavy atom. The average Bonchev–Trinajstić information content (AvgIpc) is 2.35. The molecule has 114 valence electrons. The number of likely N-dealkylation sites (N-methyl/N-ethyl adjacent to an activating group) is 1. The number of hydrogen-bond donors (Lipinski definition) is 1. The fraction of sp³-hybridized carbons (Fsp3) is 0.455. The van der Waals surface area contributed by atoms with Crippen LogP contribution in [0.5, 0.6) is 0 Å². The van der Waals surface area contributed by atoms with Crippen LogP contribution in [-0.2, 0) is 19.9 Å². The minimum Gasteiger partial charge on any atom is -0.329 e. The van der Waals surface area contributed by atoms with E-state index in [1.54, 1.807) is 6.92 Å². The van der Waals surface area contributed by atoms with Crippen LogP contribution in [0, 0.1) is 0 Å². The summed E-state index contributed by atoms with van der Waals surface area (Å²) in [5, 5.41) is 0. The lowest BCUT2D eigenvalue weighted by Crippen LogP contribution is -2.39. The average molecular weight is 385 g/mol. The van der Waals surface area contributed by atoms with Crippen molar-refractivity contribution in [2.75, 3.05) is 19.8 Å². The number of sulfone groups is 1. The topological polar surface area (TPSA) is 97.5 Å². The summed E-state index contributed by atoms with van der Waals surface area (Å²) in [7, 11) is -5.68. The van der Waals surface area contributed by atoms with E-state index in [1.165, 1.54) is 25.2 Å². The molecular formula is C11H17BrN2O4S2. The normalized spacial score (nSPS) is 14.5. The fourth-order valence-corrected chi connectivity index (χ4v) is 4.67. The van der Waals surface area contributed by atoms with Crippen LogP contribution in [0.3, 0.4) is 0 Å². The first-order valence-electron chi connectivity index (χ1n) is 5.69. The van der Waals surface area contributed by atoms with E-state index in [9.17, 15) is 16.8 Å². The second kappa shape index (κ2) is 6.10. The van der Waals surface area contributed by atoms with Crippen molar-refractivity contribution < 1.29 is 16.8 Å². The third kappa shape index (κ3) is 3.59. The third-order valence-corrected chi connectivity index (χ3v) is 7.01. The van der Waals surface area contributed by atoms with Crippen molar-refractivity contribution in [1.82, 2.24) is 4.31 Å². The van der Waals surface area contributed by atoms with Gasteiger partial charge in [0.15, 0.2) is 9.84 Å². The van der Waals surface area contributed by atoms with E-state index >= 15 is 0 Å². The Morgan fingerprint density at radius 3 is 2.25 bits per heavy atom. The Bertz CT molecular complexity index is 701. The minimum absolute atomic E-state index is 0.00713. The molecule has 6 nitrogen and oxygen atoms in total. The summed E-state index contributed by atoms with van der Waals surface area (Å²) >= 11 is 3.11. The van der Waals surface area contributed by atoms with Crippen LogP contribution in [0.1, 0.15) is 6.92 Å². The summed E-state index contributed by atoms with van der Waals surface area (Å²) in [6.07, 6.45) is 1.06. The molecule has 0 heterocycles. The molecular weight excluding hydrogens is 368 g/mol. The lowest BCUT2D eigenvalue weighted by molar-refractivity contribution is 0.394. The molecule has 0 radical (unpaired) electrons. The highest BCUT2D eigenvalue weighted by Crippen LogP contribution is 2.28. The van der Waals surface area contributed by atoms with Crippen LogP contribution in [0.2, 0.25) is 0 Å². The van der Waals surface area contributed by atoms with Gasteiger partial charge in [-0.3, -0.25) is 0 Å². The number of sulfonamides is 1. The third-order valence-electron chi connectivity index (χ3n) is 2.95. The lowest BCUT2D eigenvalue weighted by Gasteiger charge is -2.23. The van der Waals surface area contributed by atoms with Crippen molar-refractivity contribution in [3.63, 3.8) is 0 Å². The Labute approximate surface area is 128 Å². The van der Waals surface area contributed by atoms with Crippen molar-refractivity contribution in [2.24, 2.45) is 5.73 Å². The molecule has 0 spiro atoms. The monoisotopic (exact) mass is 384 g/mol. The molecule has 1 unspecified atom stereocenters. The molecule has 0 bridgehead atoms. The van der Waals surface area contributed by atoms with Gasteiger partial charge in [-0.05, 0) is 41.1 Å². The maximum absolute atomic E-state index is 12.4. The molecule has 0 amide bonds. The summed E-state index contributed by atoms with van der Waals surface area (Å²) in [4.78, 5) is 0.0607. The molecule has 0 saturated heterocycles. The molecule has 1 rings (SSSR count). The quantitative estimate of drug-likeness (QED) is 0.810. The van der Waals surface area contributed by atoms with E-state index in [4.69, 9.17) is 5.73 Å². The molecule has 0 fully saturated rings. The van der Waals surface area contributed by atoms with Crippen LogP contribution in [0.4, 0.5) is 0 Å². The fourth-order valence-electron chi connectivity index (χ4n) is 1.46. The van der Waals surface area contributed by atoms with Crippen LogP contribution in [-0.4, -0.2) is 47.0 Å². The number of nitrogens with two attached hydrogens (primary N) is 1. The highest BCUT2D eigenvalue weighted by molar-refractivity contribution is 9.10. The van der Waals surface area contributed by atoms with E-state index in [0.717, 1.165) is 10.6 Å². The molecule has 0 aliphatic rings. The molecule has 2 N–H and O–H groups in total. The predicted octanol–water partition coefficient (Wildman–Crippen LogP) is 0.820. The lowest BCUT2D eigenvalue weighted by atomic mass is 10.4. The number of benzene rings is 1. The first-order valence-corrected chi connectivity index (χ1v) is 9.82. The second-order valence-corrected chi connectivity index (χ2v) is 9.31. The van der Waals surface area contributed by atoms with Gasteiger partial charge in [0, 0.05) is 30.4 Å². The highest BCUT2D eigenvalue weighted by Gasteiger charge is 2.27. The van der Waals surface area contributed by atoms with Gasteiger partial charge < -0.3 is 5.73 Å². The van der Waals surface area contributed by atoms with Gasteiger partial charge in [-0.15, -0.1) is 0 Å². The number of hydrogen-bond acceptors (Lipinski definition) is 5. The standard InChI is InChI=1S/C11H17BrN2O4S2/c1-8(7-13)14(2)20(17,18)11-5-4-9(6-10(11)12)19(3,15)16/h4-6,8H,7,13H2,1-3H3. The Kier molecular flexibility index (Phi) is 5.36. The first-order chi connectivity index (χ1) is 9.01. The SMILES string of the molecule is CC(CN)N(C)S(=O)(=O)c1ccc(S(C)(=O)=O)cc1Br. The minimum atomic E-state index is -3.73. The number of halogens is 1. The molecule has 0 aromatic heterocycles. The summed E-state index contributed by atoms with van der Waals surface area (Å²) in [6, 6.07) is 3.47. The molecule has 1 aromatic rings. The van der Waals surface area contributed by atoms with Gasteiger partial charge in [0.05, 0.1) is 9.79 Å². The molecule has 0 saturated carbocycles. The van der Waals surface area contributed by atoms with Gasteiger partial charge in [0.1, 0.15) is 0 Å². The molecule has 1 atom stereocenters. The number of nitrogens with zero attached hydrogens (tertiary/aromatic N) is 1. The molecule has 20 heavy (non-hydrogen) atoms. The van der Waals surface area contributed by atoms with Gasteiger partial charge >= 0.3 is 0 Å². The van der Waals surface area contributed by atoms with Gasteiger partial charge in [0.25, 0.3) is 0 Å². The predicted molar refractivity (Wildman–Crippen MR) is 80.7 cm³/mol. The Morgan fingerprint density at radius 1 is 1.30 bits per heavy atom. The molecule has 9 heteroatoms.